The lowest BCUT2D eigenvalue weighted by Gasteiger charge is -2.31. The molecule has 0 unspecified atom stereocenters. The standard InChI is InChI=1S/C33H44N8O6S/c1-33(2,3)47-32(42)41-11-9-22(10-12-41)23-19-35-31(36-20-23)37-24-5-7-26(8-6-24)46-30-27-17-25(39-48(4,43)44)21-34-28(27)18-29(38-30)40-13-15-45-16-14-40/h9,17-21,24,26,39H,5-8,10-16H2,1-4H3,(H,35,36,37). The molecule has 2 fully saturated rings. The second kappa shape index (κ2) is 14.1. The van der Waals surface area contributed by atoms with Crippen molar-refractivity contribution < 1.29 is 27.4 Å². The Kier molecular flexibility index (Phi) is 9.88. The molecule has 0 spiro atoms. The minimum absolute atomic E-state index is 0.0630. The lowest BCUT2D eigenvalue weighted by molar-refractivity contribution is 0.0270. The average molecular weight is 681 g/mol. The van der Waals surface area contributed by atoms with Gasteiger partial charge in [0.15, 0.2) is 0 Å². The SMILES string of the molecule is CC(C)(C)OC(=O)N1CC=C(c2cnc(NC3CCC(Oc4nc(N5CCOCC5)cc5ncc(NS(C)(=O)=O)cc45)CC3)nc2)CC1. The lowest BCUT2D eigenvalue weighted by Crippen LogP contribution is -2.39. The molecule has 14 nitrogen and oxygen atoms in total. The first kappa shape index (κ1) is 33.7. The van der Waals surface area contributed by atoms with Crippen LogP contribution >= 0.6 is 0 Å². The molecule has 15 heteroatoms. The van der Waals surface area contributed by atoms with Crippen LogP contribution < -0.4 is 19.7 Å². The molecule has 3 aliphatic rings. The number of nitrogens with zero attached hydrogens (tertiary/aromatic N) is 6. The molecule has 2 aliphatic heterocycles. The monoisotopic (exact) mass is 680 g/mol. The maximum absolute atomic E-state index is 12.4. The summed E-state index contributed by atoms with van der Waals surface area (Å²) in [6.07, 6.45) is 12.0. The Hall–Kier alpha value is -4.24. The van der Waals surface area contributed by atoms with E-state index in [-0.39, 0.29) is 18.2 Å². The molecule has 1 saturated carbocycles. The van der Waals surface area contributed by atoms with E-state index < -0.39 is 15.6 Å². The molecule has 1 amide bonds. The summed E-state index contributed by atoms with van der Waals surface area (Å²) in [5.74, 6) is 1.79. The van der Waals surface area contributed by atoms with E-state index >= 15 is 0 Å². The fourth-order valence-corrected chi connectivity index (χ4v) is 6.59. The van der Waals surface area contributed by atoms with Crippen LogP contribution in [0.3, 0.4) is 0 Å². The largest absolute Gasteiger partial charge is 0.474 e. The predicted molar refractivity (Wildman–Crippen MR) is 184 cm³/mol. The zero-order chi connectivity index (χ0) is 33.9. The van der Waals surface area contributed by atoms with Gasteiger partial charge in [-0.15, -0.1) is 0 Å². The Labute approximate surface area is 281 Å². The summed E-state index contributed by atoms with van der Waals surface area (Å²) in [5, 5.41) is 4.13. The first-order valence-electron chi connectivity index (χ1n) is 16.4. The minimum Gasteiger partial charge on any atom is -0.474 e. The van der Waals surface area contributed by atoms with Crippen molar-refractivity contribution in [3.05, 3.63) is 42.4 Å². The van der Waals surface area contributed by atoms with Crippen molar-refractivity contribution >= 4 is 50.0 Å². The zero-order valence-corrected chi connectivity index (χ0v) is 28.8. The van der Waals surface area contributed by atoms with Crippen LogP contribution in [0.2, 0.25) is 0 Å². The summed E-state index contributed by atoms with van der Waals surface area (Å²) in [5.41, 5.74) is 2.59. The quantitative estimate of drug-likeness (QED) is 0.344. The van der Waals surface area contributed by atoms with Crippen molar-refractivity contribution in [1.82, 2.24) is 24.8 Å². The Bertz CT molecular complexity index is 1750. The first-order valence-corrected chi connectivity index (χ1v) is 18.3. The lowest BCUT2D eigenvalue weighted by atomic mass is 9.93. The van der Waals surface area contributed by atoms with Crippen LogP contribution in [0.25, 0.3) is 16.5 Å². The molecule has 0 radical (unpaired) electrons. The van der Waals surface area contributed by atoms with E-state index in [1.165, 1.54) is 6.20 Å². The maximum atomic E-state index is 12.4. The third kappa shape index (κ3) is 8.81. The smallest absolute Gasteiger partial charge is 0.410 e. The highest BCUT2D eigenvalue weighted by molar-refractivity contribution is 7.92. The number of ether oxygens (including phenoxy) is 3. The Balaban J connectivity index is 1.07. The van der Waals surface area contributed by atoms with Gasteiger partial charge < -0.3 is 29.3 Å². The van der Waals surface area contributed by atoms with E-state index in [0.29, 0.717) is 61.1 Å². The molecule has 3 aromatic heterocycles. The molecule has 5 heterocycles. The number of anilines is 3. The molecular formula is C33H44N8O6S. The van der Waals surface area contributed by atoms with Gasteiger partial charge in [0.1, 0.15) is 17.5 Å². The topological polar surface area (TPSA) is 161 Å². The number of carbonyl (C=O) groups is 1. The number of pyridine rings is 2. The Morgan fingerprint density at radius 3 is 2.38 bits per heavy atom. The number of carbonyl (C=O) groups excluding carboxylic acids is 1. The number of aromatic nitrogens is 4. The normalized spacial score (nSPS) is 20.6. The van der Waals surface area contributed by atoms with E-state index in [1.807, 2.05) is 45.3 Å². The van der Waals surface area contributed by atoms with Crippen molar-refractivity contribution in [2.24, 2.45) is 0 Å². The van der Waals surface area contributed by atoms with Gasteiger partial charge in [0.25, 0.3) is 0 Å². The second-order valence-electron chi connectivity index (χ2n) is 13.5. The number of fused-ring (bicyclic) bond motifs is 1. The van der Waals surface area contributed by atoms with Gasteiger partial charge in [-0.3, -0.25) is 9.71 Å². The fraction of sp³-hybridized carbons (Fsp3) is 0.545. The number of amides is 1. The molecule has 0 atom stereocenters. The summed E-state index contributed by atoms with van der Waals surface area (Å²) in [4.78, 5) is 34.8. The molecule has 3 aromatic rings. The molecule has 258 valence electrons. The number of hydrogen-bond donors (Lipinski definition) is 2. The molecule has 2 N–H and O–H groups in total. The van der Waals surface area contributed by atoms with Gasteiger partial charge in [-0.2, -0.15) is 4.98 Å². The molecule has 1 aliphatic carbocycles. The van der Waals surface area contributed by atoms with Gasteiger partial charge in [0.05, 0.1) is 42.3 Å². The highest BCUT2D eigenvalue weighted by Gasteiger charge is 2.27. The predicted octanol–water partition coefficient (Wildman–Crippen LogP) is 4.45. The fourth-order valence-electron chi connectivity index (χ4n) is 6.05. The van der Waals surface area contributed by atoms with Gasteiger partial charge in [-0.25, -0.2) is 23.2 Å². The first-order chi connectivity index (χ1) is 22.9. The van der Waals surface area contributed by atoms with E-state index in [9.17, 15) is 13.2 Å². The van der Waals surface area contributed by atoms with Crippen LogP contribution in [-0.4, -0.2) is 103 Å². The molecular weight excluding hydrogens is 636 g/mol. The summed E-state index contributed by atoms with van der Waals surface area (Å²) in [6.45, 7) is 9.36. The van der Waals surface area contributed by atoms with E-state index in [0.717, 1.165) is 62.0 Å². The van der Waals surface area contributed by atoms with E-state index in [4.69, 9.17) is 19.2 Å². The van der Waals surface area contributed by atoms with E-state index in [2.05, 4.69) is 29.9 Å². The zero-order valence-electron chi connectivity index (χ0n) is 27.9. The van der Waals surface area contributed by atoms with Crippen LogP contribution in [0, 0.1) is 0 Å². The summed E-state index contributed by atoms with van der Waals surface area (Å²) >= 11 is 0. The summed E-state index contributed by atoms with van der Waals surface area (Å²) in [7, 11) is -3.47. The number of rotatable bonds is 8. The van der Waals surface area contributed by atoms with Crippen molar-refractivity contribution in [2.75, 3.05) is 60.6 Å². The van der Waals surface area contributed by atoms with Crippen LogP contribution in [-0.2, 0) is 19.5 Å². The van der Waals surface area contributed by atoms with Gasteiger partial charge in [-0.1, -0.05) is 6.08 Å². The molecule has 0 bridgehead atoms. The van der Waals surface area contributed by atoms with Crippen molar-refractivity contribution in [3.63, 3.8) is 0 Å². The van der Waals surface area contributed by atoms with Crippen molar-refractivity contribution in [3.8, 4) is 5.88 Å². The highest BCUT2D eigenvalue weighted by Crippen LogP contribution is 2.33. The minimum atomic E-state index is -3.47. The van der Waals surface area contributed by atoms with Gasteiger partial charge >= 0.3 is 6.09 Å². The number of hydrogen-bond acceptors (Lipinski definition) is 12. The van der Waals surface area contributed by atoms with Crippen LogP contribution in [0.1, 0.15) is 58.4 Å². The second-order valence-corrected chi connectivity index (χ2v) is 15.2. The summed E-state index contributed by atoms with van der Waals surface area (Å²) in [6, 6.07) is 3.83. The molecule has 1 saturated heterocycles. The van der Waals surface area contributed by atoms with Gasteiger partial charge in [-0.05, 0) is 64.5 Å². The average Bonchev–Trinajstić information content (AvgIpc) is 3.05. The van der Waals surface area contributed by atoms with Gasteiger partial charge in [0.2, 0.25) is 21.9 Å². The number of nitrogens with one attached hydrogen (secondary N) is 2. The van der Waals surface area contributed by atoms with Crippen LogP contribution in [0.15, 0.2) is 36.8 Å². The maximum Gasteiger partial charge on any atom is 0.410 e. The van der Waals surface area contributed by atoms with Gasteiger partial charge in [0, 0.05) is 56.2 Å². The Morgan fingerprint density at radius 1 is 1.00 bits per heavy atom. The van der Waals surface area contributed by atoms with E-state index in [1.54, 1.807) is 11.0 Å². The number of sulfonamides is 1. The highest BCUT2D eigenvalue weighted by atomic mass is 32.2. The van der Waals surface area contributed by atoms with Crippen LogP contribution in [0.4, 0.5) is 22.2 Å². The third-order valence-electron chi connectivity index (χ3n) is 8.44. The Morgan fingerprint density at radius 2 is 1.73 bits per heavy atom. The summed E-state index contributed by atoms with van der Waals surface area (Å²) < 4.78 is 43.8. The van der Waals surface area contributed by atoms with Crippen molar-refractivity contribution in [1.29, 1.82) is 0 Å². The third-order valence-corrected chi connectivity index (χ3v) is 9.04. The van der Waals surface area contributed by atoms with Crippen LogP contribution in [0.5, 0.6) is 5.88 Å². The molecule has 6 rings (SSSR count). The number of morpholine rings is 1. The molecule has 48 heavy (non-hydrogen) atoms. The van der Waals surface area contributed by atoms with Crippen molar-refractivity contribution in [2.45, 2.75) is 70.6 Å². The molecule has 0 aromatic carbocycles.